The summed E-state index contributed by atoms with van der Waals surface area (Å²) in [5, 5.41) is 26.6. The molecule has 1 unspecified atom stereocenters. The smallest absolute Gasteiger partial charge is 0.300 e. The maximum atomic E-state index is 10.0. The summed E-state index contributed by atoms with van der Waals surface area (Å²) in [7, 11) is 5.66. The topological polar surface area (TPSA) is 97.7 Å². The molecule has 6 nitrogen and oxygen atoms in total. The minimum Gasteiger partial charge on any atom is -0.550 e. The molecule has 0 spiro atoms. The Bertz CT molecular complexity index is 210. The lowest BCUT2D eigenvalue weighted by Gasteiger charge is -2.26. The number of aliphatic hydroxyl groups is 1. The van der Waals surface area contributed by atoms with Gasteiger partial charge in [-0.15, -0.1) is 12.4 Å². The van der Waals surface area contributed by atoms with Crippen LogP contribution in [0.15, 0.2) is 0 Å². The second kappa shape index (κ2) is 9.38. The number of aliphatic hydroxyl groups excluding tert-OH is 1. The first-order valence-electron chi connectivity index (χ1n) is 4.42. The molecule has 0 fully saturated rings. The molecule has 98 valence electrons. The van der Waals surface area contributed by atoms with Gasteiger partial charge in [0.15, 0.2) is 0 Å². The van der Waals surface area contributed by atoms with E-state index in [1.165, 1.54) is 0 Å². The first-order chi connectivity index (χ1) is 6.54. The third-order valence-corrected chi connectivity index (χ3v) is 1.16. The second-order valence-corrected chi connectivity index (χ2v) is 4.22. The molecule has 2 N–H and O–H groups in total. The molecule has 0 aromatic heterocycles. The van der Waals surface area contributed by atoms with Crippen molar-refractivity contribution in [2.75, 3.05) is 27.7 Å². The van der Waals surface area contributed by atoms with Gasteiger partial charge in [-0.3, -0.25) is 4.79 Å². The number of carboxylic acid groups (broad SMARTS) is 2. The van der Waals surface area contributed by atoms with Gasteiger partial charge < -0.3 is 24.6 Å². The van der Waals surface area contributed by atoms with Crippen LogP contribution in [-0.4, -0.2) is 60.4 Å². The third-order valence-electron chi connectivity index (χ3n) is 1.16. The molecule has 0 aliphatic heterocycles. The van der Waals surface area contributed by atoms with E-state index in [9.17, 15) is 9.90 Å². The summed E-state index contributed by atoms with van der Waals surface area (Å²) in [6.45, 7) is 1.51. The van der Waals surface area contributed by atoms with Crippen LogP contribution in [0.1, 0.15) is 13.3 Å². The van der Waals surface area contributed by atoms with Crippen LogP contribution in [0.2, 0.25) is 0 Å². The van der Waals surface area contributed by atoms with E-state index in [2.05, 4.69) is 0 Å². The third kappa shape index (κ3) is 29.2. The summed E-state index contributed by atoms with van der Waals surface area (Å²) >= 11 is 0. The van der Waals surface area contributed by atoms with Crippen molar-refractivity contribution in [3.8, 4) is 0 Å². The standard InChI is InChI=1S/C7H15NO3.C2H4O2.ClH/c1-8(2,3)5-6(9)4-7(10)11;1-2(3)4;/h6,9H,4-5H2,1-3H3;1H3,(H,3,4);1H. The molecule has 1 atom stereocenters. The molecule has 0 heterocycles. The Morgan fingerprint density at radius 3 is 1.81 bits per heavy atom. The first kappa shape index (κ1) is 20.5. The number of nitrogens with zero attached hydrogens (tertiary/aromatic N) is 1. The van der Waals surface area contributed by atoms with Crippen LogP contribution in [0.4, 0.5) is 0 Å². The van der Waals surface area contributed by atoms with Crippen LogP contribution in [0.5, 0.6) is 0 Å². The highest BCUT2D eigenvalue weighted by Gasteiger charge is 2.14. The second-order valence-electron chi connectivity index (χ2n) is 4.22. The van der Waals surface area contributed by atoms with Crippen LogP contribution < -0.4 is 5.11 Å². The zero-order valence-corrected chi connectivity index (χ0v) is 10.8. The number of hydrogen-bond donors (Lipinski definition) is 2. The molecule has 16 heavy (non-hydrogen) atoms. The fourth-order valence-electron chi connectivity index (χ4n) is 0.889. The van der Waals surface area contributed by atoms with Gasteiger partial charge in [0, 0.05) is 19.3 Å². The summed E-state index contributed by atoms with van der Waals surface area (Å²) in [6.07, 6.45) is -1.09. The van der Waals surface area contributed by atoms with Crippen molar-refractivity contribution in [2.45, 2.75) is 19.4 Å². The van der Waals surface area contributed by atoms with Gasteiger partial charge in [-0.2, -0.15) is 0 Å². The van der Waals surface area contributed by atoms with Gasteiger partial charge in [0.1, 0.15) is 12.6 Å². The Morgan fingerprint density at radius 1 is 1.31 bits per heavy atom. The van der Waals surface area contributed by atoms with Crippen molar-refractivity contribution in [3.05, 3.63) is 0 Å². The van der Waals surface area contributed by atoms with E-state index in [0.29, 0.717) is 11.0 Å². The van der Waals surface area contributed by atoms with E-state index >= 15 is 0 Å². The minimum absolute atomic E-state index is 0. The van der Waals surface area contributed by atoms with Crippen molar-refractivity contribution >= 4 is 24.3 Å². The number of rotatable bonds is 4. The number of hydrogen-bond acceptors (Lipinski definition) is 4. The molecule has 0 rings (SSSR count). The van der Waals surface area contributed by atoms with Gasteiger partial charge in [0.25, 0.3) is 5.97 Å². The zero-order valence-electron chi connectivity index (χ0n) is 9.97. The number of carbonyl (C=O) groups is 2. The van der Waals surface area contributed by atoms with E-state index in [-0.39, 0.29) is 18.8 Å². The molecule has 0 aromatic rings. The first-order valence-corrected chi connectivity index (χ1v) is 4.42. The lowest BCUT2D eigenvalue weighted by Crippen LogP contribution is -2.43. The maximum Gasteiger partial charge on any atom is 0.300 e. The minimum atomic E-state index is -1.20. The quantitative estimate of drug-likeness (QED) is 0.611. The Balaban J connectivity index is -0.000000292. The highest BCUT2D eigenvalue weighted by molar-refractivity contribution is 5.85. The Labute approximate surface area is 101 Å². The molecule has 0 radical (unpaired) electrons. The van der Waals surface area contributed by atoms with Gasteiger partial charge >= 0.3 is 0 Å². The number of quaternary nitrogens is 1. The zero-order chi connectivity index (χ0) is 12.6. The largest absolute Gasteiger partial charge is 0.550 e. The number of likely N-dealkylation sites (N-methyl/N-ethyl adjacent to an activating group) is 1. The molecule has 0 aliphatic carbocycles. The van der Waals surface area contributed by atoms with E-state index in [1.807, 2.05) is 21.1 Å². The van der Waals surface area contributed by atoms with Crippen molar-refractivity contribution in [3.63, 3.8) is 0 Å². The van der Waals surface area contributed by atoms with Crippen molar-refractivity contribution in [2.24, 2.45) is 0 Å². The Morgan fingerprint density at radius 2 is 1.62 bits per heavy atom. The predicted octanol–water partition coefficient (Wildman–Crippen LogP) is -1.29. The lowest BCUT2D eigenvalue weighted by molar-refractivity contribution is -0.873. The number of carbonyl (C=O) groups excluding carboxylic acids is 1. The highest BCUT2D eigenvalue weighted by atomic mass is 35.5. The summed E-state index contributed by atoms with van der Waals surface area (Å²) in [4.78, 5) is 19.0. The van der Waals surface area contributed by atoms with Crippen molar-refractivity contribution < 1.29 is 29.4 Å². The average Bonchev–Trinajstić information content (AvgIpc) is 1.76. The lowest BCUT2D eigenvalue weighted by atomic mass is 10.2. The molecule has 7 heteroatoms. The molecule has 0 amide bonds. The number of halogens is 1. The van der Waals surface area contributed by atoms with E-state index in [0.717, 1.165) is 6.92 Å². The predicted molar refractivity (Wildman–Crippen MR) is 59.1 cm³/mol. The van der Waals surface area contributed by atoms with Gasteiger partial charge in [-0.05, 0) is 0 Å². The molecule has 0 saturated carbocycles. The molecular weight excluding hydrogens is 238 g/mol. The highest BCUT2D eigenvalue weighted by Crippen LogP contribution is 1.97. The summed E-state index contributed by atoms with van der Waals surface area (Å²) < 4.78 is 0.550. The maximum absolute atomic E-state index is 10.0. The molecule has 0 bridgehead atoms. The van der Waals surface area contributed by atoms with Crippen LogP contribution in [0, 0.1) is 0 Å². The van der Waals surface area contributed by atoms with Gasteiger partial charge in [-0.1, -0.05) is 0 Å². The summed E-state index contributed by atoms with van der Waals surface area (Å²) in [5.74, 6) is -2.04. The average molecular weight is 258 g/mol. The summed E-state index contributed by atoms with van der Waals surface area (Å²) in [6, 6.07) is 0. The van der Waals surface area contributed by atoms with E-state index < -0.39 is 18.0 Å². The Hall–Kier alpha value is -0.850. The molecular formula is C9H20ClNO5. The normalized spacial score (nSPS) is 11.6. The van der Waals surface area contributed by atoms with Gasteiger partial charge in [0.2, 0.25) is 0 Å². The molecule has 0 aliphatic rings. The van der Waals surface area contributed by atoms with Crippen LogP contribution in [-0.2, 0) is 9.59 Å². The van der Waals surface area contributed by atoms with Crippen LogP contribution >= 0.6 is 12.4 Å². The molecule has 0 saturated heterocycles. The van der Waals surface area contributed by atoms with Gasteiger partial charge in [-0.25, -0.2) is 0 Å². The van der Waals surface area contributed by atoms with Crippen LogP contribution in [0.25, 0.3) is 0 Å². The number of aliphatic carboxylic acids is 2. The SMILES string of the molecule is CC(=O)O.C[N+](C)(C)CC(O)CC(=O)[O-].Cl. The van der Waals surface area contributed by atoms with E-state index in [4.69, 9.17) is 15.0 Å². The molecule has 0 aromatic carbocycles. The number of carboxylic acids is 2. The fourth-order valence-corrected chi connectivity index (χ4v) is 0.889. The van der Waals surface area contributed by atoms with Gasteiger partial charge in [0.05, 0.1) is 21.1 Å². The Kier molecular flexibility index (Phi) is 12.0. The fraction of sp³-hybridized carbons (Fsp3) is 0.778. The van der Waals surface area contributed by atoms with Crippen molar-refractivity contribution in [1.29, 1.82) is 0 Å². The van der Waals surface area contributed by atoms with E-state index in [1.54, 1.807) is 0 Å². The van der Waals surface area contributed by atoms with Crippen molar-refractivity contribution in [1.82, 2.24) is 0 Å². The monoisotopic (exact) mass is 257 g/mol. The summed E-state index contributed by atoms with van der Waals surface area (Å²) in [5.41, 5.74) is 0. The van der Waals surface area contributed by atoms with Crippen LogP contribution in [0.3, 0.4) is 0 Å².